The zero-order valence-corrected chi connectivity index (χ0v) is 10.3. The first-order valence-corrected chi connectivity index (χ1v) is 5.17. The summed E-state index contributed by atoms with van der Waals surface area (Å²) in [7, 11) is 2.96. The molecule has 94 valence electrons. The molecule has 0 fully saturated rings. The molecule has 6 heteroatoms. The monoisotopic (exact) mass is 262 g/mol. The van der Waals surface area contributed by atoms with Crippen LogP contribution in [0, 0.1) is 11.6 Å². The van der Waals surface area contributed by atoms with Crippen LogP contribution in [0.15, 0.2) is 29.9 Å². The molecule has 1 aromatic rings. The van der Waals surface area contributed by atoms with Crippen molar-refractivity contribution in [3.63, 3.8) is 0 Å². The highest BCUT2D eigenvalue weighted by molar-refractivity contribution is 6.28. The molecule has 1 rings (SSSR count). The summed E-state index contributed by atoms with van der Waals surface area (Å²) < 4.78 is 26.9. The number of hydrazine groups is 1. The lowest BCUT2D eigenvalue weighted by atomic mass is 10.2. The fraction of sp³-hybridized carbons (Fsp3) is 0.273. The van der Waals surface area contributed by atoms with Gasteiger partial charge >= 0.3 is 0 Å². The Bertz CT molecular complexity index is 394. The molecule has 0 saturated heterocycles. The third kappa shape index (κ3) is 3.39. The topological polar surface area (TPSA) is 15.7 Å². The Hall–Kier alpha value is -1.17. The van der Waals surface area contributed by atoms with Gasteiger partial charge < -0.3 is 0 Å². The van der Waals surface area contributed by atoms with Gasteiger partial charge in [0.15, 0.2) is 0 Å². The second-order valence-corrected chi connectivity index (χ2v) is 3.72. The smallest absolute Gasteiger partial charge is 0.131 e. The molecule has 0 aliphatic carbocycles. The molecule has 3 nitrogen and oxygen atoms in total. The van der Waals surface area contributed by atoms with Gasteiger partial charge in [-0.05, 0) is 12.1 Å². The maximum atomic E-state index is 13.4. The fourth-order valence-corrected chi connectivity index (χ4v) is 1.44. The van der Waals surface area contributed by atoms with Crippen LogP contribution in [-0.4, -0.2) is 24.3 Å². The summed E-state index contributed by atoms with van der Waals surface area (Å²) in [5, 5.41) is 2.63. The number of benzene rings is 1. The molecule has 0 aliphatic heterocycles. The average molecular weight is 263 g/mol. The third-order valence-electron chi connectivity index (χ3n) is 2.25. The van der Waals surface area contributed by atoms with E-state index >= 15 is 0 Å². The van der Waals surface area contributed by atoms with Crippen molar-refractivity contribution in [3.05, 3.63) is 47.1 Å². The summed E-state index contributed by atoms with van der Waals surface area (Å²) >= 11 is 5.74. The molecule has 0 N–H and O–H groups in total. The van der Waals surface area contributed by atoms with Gasteiger partial charge in [0.05, 0.1) is 13.7 Å². The number of nitrogens with zero attached hydrogens (tertiary/aromatic N) is 2. The highest BCUT2D eigenvalue weighted by Gasteiger charge is 2.17. The Kier molecular flexibility index (Phi) is 4.86. The summed E-state index contributed by atoms with van der Waals surface area (Å²) in [6, 6.07) is 3.66. The van der Waals surface area contributed by atoms with Crippen LogP contribution >= 0.6 is 11.6 Å². The van der Waals surface area contributed by atoms with E-state index in [9.17, 15) is 8.78 Å². The van der Waals surface area contributed by atoms with Gasteiger partial charge in [0.1, 0.15) is 16.8 Å². The molecule has 0 amide bonds. The molecular weight excluding hydrogens is 250 g/mol. The van der Waals surface area contributed by atoms with Gasteiger partial charge in [-0.2, -0.15) is 0 Å². The summed E-state index contributed by atoms with van der Waals surface area (Å²) in [5.74, 6) is -1.28. The Morgan fingerprint density at radius 3 is 2.35 bits per heavy atom. The van der Waals surface area contributed by atoms with E-state index in [4.69, 9.17) is 16.4 Å². The van der Waals surface area contributed by atoms with Crippen molar-refractivity contribution in [2.75, 3.05) is 14.2 Å². The van der Waals surface area contributed by atoms with Crippen molar-refractivity contribution >= 4 is 11.6 Å². The van der Waals surface area contributed by atoms with Crippen molar-refractivity contribution in [3.8, 4) is 0 Å². The van der Waals surface area contributed by atoms with E-state index in [0.717, 1.165) is 0 Å². The highest BCUT2D eigenvalue weighted by Crippen LogP contribution is 2.19. The van der Waals surface area contributed by atoms with E-state index in [1.807, 2.05) is 0 Å². The van der Waals surface area contributed by atoms with Crippen molar-refractivity contribution in [2.24, 2.45) is 0 Å². The number of hydrogen-bond acceptors (Lipinski definition) is 3. The van der Waals surface area contributed by atoms with Crippen LogP contribution in [0.3, 0.4) is 0 Å². The van der Waals surface area contributed by atoms with Crippen LogP contribution < -0.4 is 0 Å². The largest absolute Gasteiger partial charge is 0.283 e. The van der Waals surface area contributed by atoms with E-state index in [0.29, 0.717) is 0 Å². The van der Waals surface area contributed by atoms with Gasteiger partial charge in [-0.15, -0.1) is 5.17 Å². The summed E-state index contributed by atoms with van der Waals surface area (Å²) in [4.78, 5) is 4.89. The number of rotatable bonds is 5. The van der Waals surface area contributed by atoms with Gasteiger partial charge in [-0.3, -0.25) is 9.85 Å². The van der Waals surface area contributed by atoms with E-state index < -0.39 is 11.6 Å². The van der Waals surface area contributed by atoms with Gasteiger partial charge in [0.25, 0.3) is 0 Å². The summed E-state index contributed by atoms with van der Waals surface area (Å²) in [6.07, 6.45) is 0. The Balaban J connectivity index is 2.98. The second kappa shape index (κ2) is 5.95. The lowest BCUT2D eigenvalue weighted by molar-refractivity contribution is -0.236. The highest BCUT2D eigenvalue weighted by atomic mass is 35.5. The maximum Gasteiger partial charge on any atom is 0.131 e. The van der Waals surface area contributed by atoms with Crippen molar-refractivity contribution in [1.29, 1.82) is 0 Å². The molecule has 0 aliphatic rings. The molecule has 0 heterocycles. The van der Waals surface area contributed by atoms with Crippen LogP contribution in [0.5, 0.6) is 0 Å². The molecule has 17 heavy (non-hydrogen) atoms. The first-order chi connectivity index (χ1) is 7.97. The molecule has 0 bridgehead atoms. The Morgan fingerprint density at radius 2 is 1.94 bits per heavy atom. The molecular formula is C11H13ClF2N2O. The quantitative estimate of drug-likeness (QED) is 0.599. The van der Waals surface area contributed by atoms with E-state index in [2.05, 4.69) is 6.58 Å². The lowest BCUT2D eigenvalue weighted by Crippen LogP contribution is -2.36. The van der Waals surface area contributed by atoms with E-state index in [1.54, 1.807) is 7.05 Å². The predicted molar refractivity (Wildman–Crippen MR) is 61.7 cm³/mol. The average Bonchev–Trinajstić information content (AvgIpc) is 2.27. The zero-order chi connectivity index (χ0) is 13.0. The fourth-order valence-electron chi connectivity index (χ4n) is 1.27. The standard InChI is InChI=1S/C11H13ClF2N2O/c1-8(12)16(15(2)17-3)7-9-10(13)5-4-6-11(9)14/h4-6H,1,7H2,2-3H3. The van der Waals surface area contributed by atoms with Crippen LogP contribution in [0.2, 0.25) is 0 Å². The minimum atomic E-state index is -0.641. The van der Waals surface area contributed by atoms with Gasteiger partial charge in [-0.1, -0.05) is 24.2 Å². The Labute approximate surface area is 104 Å². The summed E-state index contributed by atoms with van der Waals surface area (Å²) in [6.45, 7) is 3.40. The number of hydroxylamine groups is 1. The van der Waals surface area contributed by atoms with Crippen LogP contribution in [0.25, 0.3) is 0 Å². The first-order valence-electron chi connectivity index (χ1n) is 4.80. The minimum Gasteiger partial charge on any atom is -0.283 e. The first kappa shape index (κ1) is 13.9. The normalized spacial score (nSPS) is 10.7. The molecule has 0 saturated carbocycles. The number of halogens is 3. The molecule has 0 radical (unpaired) electrons. The van der Waals surface area contributed by atoms with Gasteiger partial charge in [-0.25, -0.2) is 8.78 Å². The molecule has 0 unspecified atom stereocenters. The maximum absolute atomic E-state index is 13.4. The van der Waals surface area contributed by atoms with E-state index in [1.165, 1.54) is 35.5 Å². The molecule has 0 atom stereocenters. The molecule has 1 aromatic carbocycles. The van der Waals surface area contributed by atoms with Gasteiger partial charge in [0.2, 0.25) is 0 Å². The predicted octanol–water partition coefficient (Wildman–Crippen LogP) is 2.89. The minimum absolute atomic E-state index is 0.0944. The SMILES string of the molecule is C=C(Cl)N(Cc1c(F)cccc1F)N(C)OC. The molecule has 0 aromatic heterocycles. The second-order valence-electron chi connectivity index (χ2n) is 3.28. The van der Waals surface area contributed by atoms with Crippen LogP contribution in [0.4, 0.5) is 8.78 Å². The van der Waals surface area contributed by atoms with E-state index in [-0.39, 0.29) is 17.3 Å². The van der Waals surface area contributed by atoms with Crippen molar-refractivity contribution in [2.45, 2.75) is 6.54 Å². The molecule has 0 spiro atoms. The van der Waals surface area contributed by atoms with Gasteiger partial charge in [0, 0.05) is 12.6 Å². The zero-order valence-electron chi connectivity index (χ0n) is 9.58. The summed E-state index contributed by atoms with van der Waals surface area (Å²) in [5.41, 5.74) is -0.0989. The lowest BCUT2D eigenvalue weighted by Gasteiger charge is -2.30. The van der Waals surface area contributed by atoms with Crippen LogP contribution in [0.1, 0.15) is 5.56 Å². The van der Waals surface area contributed by atoms with Crippen molar-refractivity contribution < 1.29 is 13.6 Å². The third-order valence-corrected chi connectivity index (χ3v) is 2.45. The van der Waals surface area contributed by atoms with Crippen LogP contribution in [-0.2, 0) is 11.4 Å². The Morgan fingerprint density at radius 1 is 1.41 bits per heavy atom. The van der Waals surface area contributed by atoms with Crippen molar-refractivity contribution in [1.82, 2.24) is 10.2 Å². The number of hydrogen-bond donors (Lipinski definition) is 0.